The molecule has 6 heteroatoms. The fourth-order valence-corrected chi connectivity index (χ4v) is 5.27. The van der Waals surface area contributed by atoms with E-state index in [1.165, 1.54) is 22.9 Å². The van der Waals surface area contributed by atoms with Crippen LogP contribution in [0, 0.1) is 0 Å². The van der Waals surface area contributed by atoms with Gasteiger partial charge in [0.1, 0.15) is 0 Å². The van der Waals surface area contributed by atoms with E-state index in [-0.39, 0.29) is 23.2 Å². The number of aromatic nitrogens is 2. The second kappa shape index (κ2) is 8.36. The maximum absolute atomic E-state index is 13.1. The van der Waals surface area contributed by atoms with Crippen LogP contribution in [0.4, 0.5) is 0 Å². The number of carbonyl (C=O) groups is 1. The van der Waals surface area contributed by atoms with Gasteiger partial charge in [-0.3, -0.25) is 14.2 Å². The zero-order valence-electron chi connectivity index (χ0n) is 16.8. The van der Waals surface area contributed by atoms with Crippen molar-refractivity contribution < 1.29 is 9.53 Å². The van der Waals surface area contributed by atoms with Crippen LogP contribution < -0.4 is 5.56 Å². The number of ketones is 1. The molecule has 0 radical (unpaired) electrons. The Kier molecular flexibility index (Phi) is 5.44. The number of nitrogens with zero attached hydrogens (tertiary/aromatic N) is 2. The molecule has 0 unspecified atom stereocenters. The van der Waals surface area contributed by atoms with Crippen molar-refractivity contribution in [2.75, 3.05) is 12.4 Å². The first-order valence-electron chi connectivity index (χ1n) is 10.6. The zero-order valence-corrected chi connectivity index (χ0v) is 17.6. The molecule has 154 valence electrons. The molecule has 1 saturated heterocycles. The Morgan fingerprint density at radius 2 is 2.00 bits per heavy atom. The van der Waals surface area contributed by atoms with Crippen LogP contribution in [0.5, 0.6) is 0 Å². The Morgan fingerprint density at radius 3 is 2.87 bits per heavy atom. The highest BCUT2D eigenvalue weighted by Crippen LogP contribution is 2.25. The highest BCUT2D eigenvalue weighted by Gasteiger charge is 2.21. The summed E-state index contributed by atoms with van der Waals surface area (Å²) < 4.78 is 7.45. The summed E-state index contributed by atoms with van der Waals surface area (Å²) in [5, 5.41) is 1.19. The van der Waals surface area contributed by atoms with Gasteiger partial charge in [-0.05, 0) is 61.4 Å². The Bertz CT molecular complexity index is 1160. The van der Waals surface area contributed by atoms with Crippen LogP contribution in [0.2, 0.25) is 0 Å². The molecule has 5 nitrogen and oxygen atoms in total. The summed E-state index contributed by atoms with van der Waals surface area (Å²) in [4.78, 5) is 30.7. The van der Waals surface area contributed by atoms with Gasteiger partial charge in [0.05, 0.1) is 29.3 Å². The number of carbonyl (C=O) groups excluding carboxylic acids is 1. The molecular weight excluding hydrogens is 396 g/mol. The second-order valence-corrected chi connectivity index (χ2v) is 8.95. The fourth-order valence-electron chi connectivity index (χ4n) is 4.37. The van der Waals surface area contributed by atoms with Crippen molar-refractivity contribution in [1.82, 2.24) is 9.55 Å². The van der Waals surface area contributed by atoms with Crippen molar-refractivity contribution in [3.05, 3.63) is 69.5 Å². The van der Waals surface area contributed by atoms with Gasteiger partial charge in [0.15, 0.2) is 10.9 Å². The van der Waals surface area contributed by atoms with Crippen molar-refractivity contribution in [2.45, 2.75) is 49.9 Å². The predicted molar refractivity (Wildman–Crippen MR) is 118 cm³/mol. The molecule has 2 aromatic carbocycles. The van der Waals surface area contributed by atoms with Crippen molar-refractivity contribution >= 4 is 28.4 Å². The lowest BCUT2D eigenvalue weighted by Crippen LogP contribution is -2.29. The number of thioether (sulfide) groups is 1. The molecule has 0 amide bonds. The monoisotopic (exact) mass is 420 g/mol. The number of fused-ring (bicyclic) bond motifs is 2. The molecule has 0 bridgehead atoms. The molecule has 1 aromatic heterocycles. The molecule has 30 heavy (non-hydrogen) atoms. The standard InChI is InChI=1S/C24H24N2O3S/c27-22(18-11-10-16-5-3-6-17(16)13-18)15-30-24-25-21-9-2-1-8-20(21)23(28)26(24)14-19-7-4-12-29-19/h1-2,8-11,13,19H,3-7,12,14-15H2/t19-/m1/s1. The van der Waals surface area contributed by atoms with Gasteiger partial charge < -0.3 is 4.74 Å². The topological polar surface area (TPSA) is 61.2 Å². The Balaban J connectivity index is 1.42. The van der Waals surface area contributed by atoms with Gasteiger partial charge in [-0.1, -0.05) is 36.0 Å². The highest BCUT2D eigenvalue weighted by molar-refractivity contribution is 7.99. The molecule has 0 N–H and O–H groups in total. The summed E-state index contributed by atoms with van der Waals surface area (Å²) >= 11 is 1.34. The van der Waals surface area contributed by atoms with Crippen molar-refractivity contribution in [3.8, 4) is 0 Å². The van der Waals surface area contributed by atoms with Crippen LogP contribution in [0.1, 0.15) is 40.7 Å². The number of hydrogen-bond donors (Lipinski definition) is 0. The minimum atomic E-state index is -0.0661. The lowest BCUT2D eigenvalue weighted by atomic mass is 10.0. The van der Waals surface area contributed by atoms with Crippen molar-refractivity contribution in [2.24, 2.45) is 0 Å². The van der Waals surface area contributed by atoms with E-state index in [0.29, 0.717) is 22.6 Å². The predicted octanol–water partition coefficient (Wildman–Crippen LogP) is 4.04. The minimum Gasteiger partial charge on any atom is -0.376 e. The quantitative estimate of drug-likeness (QED) is 0.342. The Morgan fingerprint density at radius 1 is 1.13 bits per heavy atom. The van der Waals surface area contributed by atoms with Gasteiger partial charge in [0.2, 0.25) is 0 Å². The molecule has 2 heterocycles. The summed E-state index contributed by atoms with van der Waals surface area (Å²) in [6, 6.07) is 13.4. The van der Waals surface area contributed by atoms with E-state index in [1.807, 2.05) is 30.3 Å². The first kappa shape index (κ1) is 19.5. The van der Waals surface area contributed by atoms with Crippen LogP contribution in [0.15, 0.2) is 52.4 Å². The third-order valence-electron chi connectivity index (χ3n) is 5.99. The molecule has 5 rings (SSSR count). The number of Topliss-reactive ketones (excluding diaryl/α,β-unsaturated/α-hetero) is 1. The third kappa shape index (κ3) is 3.82. The Labute approximate surface area is 179 Å². The largest absolute Gasteiger partial charge is 0.376 e. The molecule has 0 spiro atoms. The van der Waals surface area contributed by atoms with Gasteiger partial charge in [0, 0.05) is 12.2 Å². The molecule has 0 saturated carbocycles. The number of rotatable bonds is 6. The summed E-state index contributed by atoms with van der Waals surface area (Å²) in [6.45, 7) is 1.21. The van der Waals surface area contributed by atoms with Gasteiger partial charge in [-0.25, -0.2) is 4.98 Å². The molecule has 1 aliphatic carbocycles. The SMILES string of the molecule is O=C(CSc1nc2ccccc2c(=O)n1C[C@H]1CCCO1)c1ccc2c(c1)CCC2. The van der Waals surface area contributed by atoms with Gasteiger partial charge in [-0.15, -0.1) is 0 Å². The zero-order chi connectivity index (χ0) is 20.5. The molecular formula is C24H24N2O3S. The van der Waals surface area contributed by atoms with E-state index in [2.05, 4.69) is 6.07 Å². The average Bonchev–Trinajstić information content (AvgIpc) is 3.45. The summed E-state index contributed by atoms with van der Waals surface area (Å²) in [5.74, 6) is 0.329. The molecule has 1 fully saturated rings. The van der Waals surface area contributed by atoms with Crippen LogP contribution in [0.25, 0.3) is 10.9 Å². The first-order chi connectivity index (χ1) is 14.7. The lowest BCUT2D eigenvalue weighted by Gasteiger charge is -2.16. The van der Waals surface area contributed by atoms with Crippen molar-refractivity contribution in [1.29, 1.82) is 0 Å². The average molecular weight is 421 g/mol. The molecule has 1 aliphatic heterocycles. The molecule has 2 aliphatic rings. The van der Waals surface area contributed by atoms with E-state index >= 15 is 0 Å². The lowest BCUT2D eigenvalue weighted by molar-refractivity contribution is 0.0937. The van der Waals surface area contributed by atoms with E-state index < -0.39 is 0 Å². The van der Waals surface area contributed by atoms with E-state index in [1.54, 1.807) is 10.6 Å². The summed E-state index contributed by atoms with van der Waals surface area (Å²) in [7, 11) is 0. The third-order valence-corrected chi connectivity index (χ3v) is 6.97. The van der Waals surface area contributed by atoms with Crippen LogP contribution in [-0.4, -0.2) is 33.8 Å². The molecule has 1 atom stereocenters. The summed E-state index contributed by atoms with van der Waals surface area (Å²) in [6.07, 6.45) is 5.30. The van der Waals surface area contributed by atoms with Crippen LogP contribution in [-0.2, 0) is 24.1 Å². The van der Waals surface area contributed by atoms with Gasteiger partial charge in [-0.2, -0.15) is 0 Å². The van der Waals surface area contributed by atoms with E-state index in [4.69, 9.17) is 9.72 Å². The smallest absolute Gasteiger partial charge is 0.262 e. The first-order valence-corrected chi connectivity index (χ1v) is 11.6. The van der Waals surface area contributed by atoms with Crippen LogP contribution in [0.3, 0.4) is 0 Å². The second-order valence-electron chi connectivity index (χ2n) is 8.01. The van der Waals surface area contributed by atoms with E-state index in [0.717, 1.165) is 44.3 Å². The number of ether oxygens (including phenoxy) is 1. The van der Waals surface area contributed by atoms with Gasteiger partial charge >= 0.3 is 0 Å². The van der Waals surface area contributed by atoms with Crippen LogP contribution >= 0.6 is 11.8 Å². The molecule has 3 aromatic rings. The maximum Gasteiger partial charge on any atom is 0.262 e. The highest BCUT2D eigenvalue weighted by atomic mass is 32.2. The minimum absolute atomic E-state index is 0.0254. The summed E-state index contributed by atoms with van der Waals surface area (Å²) in [5.41, 5.74) is 4.00. The number of para-hydroxylation sites is 1. The number of hydrogen-bond acceptors (Lipinski definition) is 5. The van der Waals surface area contributed by atoms with Crippen molar-refractivity contribution in [3.63, 3.8) is 0 Å². The number of aryl methyl sites for hydroxylation is 2. The Hall–Kier alpha value is -2.44. The normalized spacial score (nSPS) is 18.1. The maximum atomic E-state index is 13.1. The van der Waals surface area contributed by atoms with Gasteiger partial charge in [0.25, 0.3) is 5.56 Å². The fraction of sp³-hybridized carbons (Fsp3) is 0.375. The van der Waals surface area contributed by atoms with E-state index in [9.17, 15) is 9.59 Å². The number of benzene rings is 2.